The molecule has 0 unspecified atom stereocenters. The molecular weight excluding hydrogens is 436 g/mol. The van der Waals surface area contributed by atoms with Crippen LogP contribution in [0.3, 0.4) is 0 Å². The first-order chi connectivity index (χ1) is 16.1. The minimum Gasteiger partial charge on any atom is -0.481 e. The number of anilines is 1. The molecule has 34 heavy (non-hydrogen) atoms. The lowest BCUT2D eigenvalue weighted by Crippen LogP contribution is -2.51. The van der Waals surface area contributed by atoms with Crippen LogP contribution in [0.1, 0.15) is 52.0 Å². The van der Waals surface area contributed by atoms with E-state index in [-0.39, 0.29) is 11.9 Å². The molecule has 1 aromatic carbocycles. The Kier molecular flexibility index (Phi) is 8.63. The average Bonchev–Trinajstić information content (AvgIpc) is 2.79. The first-order valence-corrected chi connectivity index (χ1v) is 12.2. The number of hydrogen-bond acceptors (Lipinski definition) is 5. The minimum absolute atomic E-state index is 0.0339. The van der Waals surface area contributed by atoms with Gasteiger partial charge in [-0.05, 0) is 70.6 Å². The quantitative estimate of drug-likeness (QED) is 0.582. The third kappa shape index (κ3) is 7.81. The van der Waals surface area contributed by atoms with Gasteiger partial charge in [-0.1, -0.05) is 12.1 Å². The van der Waals surface area contributed by atoms with Gasteiger partial charge in [-0.3, -0.25) is 4.79 Å². The molecule has 3 amide bonds. The molecule has 0 aliphatic carbocycles. The maximum Gasteiger partial charge on any atom is 0.407 e. The van der Waals surface area contributed by atoms with E-state index in [1.807, 2.05) is 37.8 Å². The Morgan fingerprint density at radius 3 is 2.06 bits per heavy atom. The highest BCUT2D eigenvalue weighted by molar-refractivity contribution is 5.75. The normalized spacial score (nSPS) is 17.9. The van der Waals surface area contributed by atoms with Crippen LogP contribution in [-0.4, -0.2) is 77.4 Å². The number of carbonyl (C=O) groups excluding carboxylic acids is 2. The summed E-state index contributed by atoms with van der Waals surface area (Å²) in [6, 6.07) is 8.55. The fraction of sp³-hybridized carbons (Fsp3) is 0.640. The van der Waals surface area contributed by atoms with Crippen LogP contribution < -0.4 is 10.6 Å². The minimum atomic E-state index is -0.760. The highest BCUT2D eigenvalue weighted by Crippen LogP contribution is 2.22. The second-order valence-electron chi connectivity index (χ2n) is 10.2. The number of hydrogen-bond donors (Lipinski definition) is 3. The van der Waals surface area contributed by atoms with Crippen molar-refractivity contribution in [2.75, 3.05) is 38.0 Å². The monoisotopic (exact) mass is 474 g/mol. The molecule has 2 fully saturated rings. The van der Waals surface area contributed by atoms with E-state index in [1.54, 1.807) is 4.90 Å². The van der Waals surface area contributed by atoms with Crippen LogP contribution in [0.15, 0.2) is 24.3 Å². The topological polar surface area (TPSA) is 111 Å². The van der Waals surface area contributed by atoms with Crippen LogP contribution in [0.4, 0.5) is 15.3 Å². The lowest BCUT2D eigenvalue weighted by molar-refractivity contribution is -0.143. The number of nitrogens with one attached hydrogen (secondary N) is 2. The van der Waals surface area contributed by atoms with Gasteiger partial charge in [0.05, 0.1) is 5.92 Å². The Labute approximate surface area is 201 Å². The number of urea groups is 1. The summed E-state index contributed by atoms with van der Waals surface area (Å²) < 4.78 is 5.24. The van der Waals surface area contributed by atoms with Crippen LogP contribution in [0.25, 0.3) is 0 Å². The van der Waals surface area contributed by atoms with E-state index in [9.17, 15) is 14.4 Å². The predicted molar refractivity (Wildman–Crippen MR) is 130 cm³/mol. The molecule has 2 aliphatic heterocycles. The van der Waals surface area contributed by atoms with Crippen molar-refractivity contribution in [3.8, 4) is 0 Å². The second-order valence-corrected chi connectivity index (χ2v) is 10.2. The van der Waals surface area contributed by atoms with Crippen molar-refractivity contribution in [2.24, 2.45) is 5.92 Å². The number of alkyl carbamates (subject to hydrolysis) is 1. The molecule has 0 saturated carbocycles. The van der Waals surface area contributed by atoms with Gasteiger partial charge < -0.3 is 30.3 Å². The van der Waals surface area contributed by atoms with E-state index in [2.05, 4.69) is 22.8 Å². The van der Waals surface area contributed by atoms with E-state index in [0.717, 1.165) is 30.5 Å². The molecular formula is C25H38N4O5. The van der Waals surface area contributed by atoms with Crippen molar-refractivity contribution in [2.45, 2.75) is 64.5 Å². The molecule has 2 aliphatic rings. The van der Waals surface area contributed by atoms with Crippen molar-refractivity contribution in [3.63, 3.8) is 0 Å². The smallest absolute Gasteiger partial charge is 0.407 e. The standard InChI is InChI=1S/C25H38N4O5/c1-25(2,3)34-23(32)26-13-8-18-4-6-20(7-5-18)27-21-11-16-29(17-12-21)24(33)28-14-9-19(10-15-28)22(30)31/h4-7,19,21,27H,8-17H2,1-3H3,(H,26,32)(H,30,31). The van der Waals surface area contributed by atoms with Gasteiger partial charge in [0.15, 0.2) is 0 Å². The highest BCUT2D eigenvalue weighted by atomic mass is 16.6. The third-order valence-corrected chi connectivity index (χ3v) is 6.29. The summed E-state index contributed by atoms with van der Waals surface area (Å²) in [6.45, 7) is 8.48. The molecule has 1 aromatic rings. The summed E-state index contributed by atoms with van der Waals surface area (Å²) in [4.78, 5) is 39.3. The Balaban J connectivity index is 1.36. The predicted octanol–water partition coefficient (Wildman–Crippen LogP) is 3.55. The van der Waals surface area contributed by atoms with E-state index in [4.69, 9.17) is 9.84 Å². The molecule has 0 spiro atoms. The van der Waals surface area contributed by atoms with Crippen LogP contribution >= 0.6 is 0 Å². The summed E-state index contributed by atoms with van der Waals surface area (Å²) in [5, 5.41) is 15.5. The second kappa shape index (κ2) is 11.4. The number of carbonyl (C=O) groups is 3. The number of carboxylic acids is 1. The molecule has 2 heterocycles. The lowest BCUT2D eigenvalue weighted by Gasteiger charge is -2.38. The zero-order valence-corrected chi connectivity index (χ0v) is 20.5. The number of piperidine rings is 2. The zero-order chi connectivity index (χ0) is 24.7. The zero-order valence-electron chi connectivity index (χ0n) is 20.5. The fourth-order valence-electron chi connectivity index (χ4n) is 4.36. The SMILES string of the molecule is CC(C)(C)OC(=O)NCCc1ccc(NC2CCN(C(=O)N3CCC(C(=O)O)CC3)CC2)cc1. The number of carboxylic acid groups (broad SMARTS) is 1. The average molecular weight is 475 g/mol. The van der Waals surface area contributed by atoms with E-state index >= 15 is 0 Å². The molecule has 0 aromatic heterocycles. The van der Waals surface area contributed by atoms with Crippen molar-refractivity contribution in [1.82, 2.24) is 15.1 Å². The number of amides is 3. The molecule has 0 radical (unpaired) electrons. The molecule has 188 valence electrons. The fourth-order valence-corrected chi connectivity index (χ4v) is 4.36. The lowest BCUT2D eigenvalue weighted by atomic mass is 9.97. The highest BCUT2D eigenvalue weighted by Gasteiger charge is 2.31. The van der Waals surface area contributed by atoms with Crippen LogP contribution in [0.5, 0.6) is 0 Å². The number of ether oxygens (including phenoxy) is 1. The van der Waals surface area contributed by atoms with Crippen molar-refractivity contribution < 1.29 is 24.2 Å². The Bertz CT molecular complexity index is 836. The van der Waals surface area contributed by atoms with Gasteiger partial charge in [0.2, 0.25) is 0 Å². The van der Waals surface area contributed by atoms with Gasteiger partial charge >= 0.3 is 18.1 Å². The Morgan fingerprint density at radius 2 is 1.53 bits per heavy atom. The van der Waals surface area contributed by atoms with Gasteiger partial charge in [0.25, 0.3) is 0 Å². The van der Waals surface area contributed by atoms with Gasteiger partial charge in [-0.2, -0.15) is 0 Å². The number of rotatable bonds is 6. The number of benzene rings is 1. The van der Waals surface area contributed by atoms with Crippen molar-refractivity contribution >= 4 is 23.8 Å². The largest absolute Gasteiger partial charge is 0.481 e. The van der Waals surface area contributed by atoms with Crippen molar-refractivity contribution in [3.05, 3.63) is 29.8 Å². The number of likely N-dealkylation sites (tertiary alicyclic amines) is 2. The van der Waals surface area contributed by atoms with Gasteiger partial charge in [-0.15, -0.1) is 0 Å². The van der Waals surface area contributed by atoms with Crippen molar-refractivity contribution in [1.29, 1.82) is 0 Å². The maximum absolute atomic E-state index is 12.8. The third-order valence-electron chi connectivity index (χ3n) is 6.29. The Hall–Kier alpha value is -2.97. The van der Waals surface area contributed by atoms with Crippen LogP contribution in [0.2, 0.25) is 0 Å². The first-order valence-electron chi connectivity index (χ1n) is 12.2. The maximum atomic E-state index is 12.8. The molecule has 3 rings (SSSR count). The van der Waals surface area contributed by atoms with Gasteiger partial charge in [0, 0.05) is 44.5 Å². The van der Waals surface area contributed by atoms with E-state index in [1.165, 1.54) is 0 Å². The first kappa shape index (κ1) is 25.6. The van der Waals surface area contributed by atoms with E-state index in [0.29, 0.717) is 51.6 Å². The summed E-state index contributed by atoms with van der Waals surface area (Å²) >= 11 is 0. The van der Waals surface area contributed by atoms with E-state index < -0.39 is 17.7 Å². The van der Waals surface area contributed by atoms with Gasteiger partial charge in [-0.25, -0.2) is 9.59 Å². The number of aliphatic carboxylic acids is 1. The summed E-state index contributed by atoms with van der Waals surface area (Å²) in [5.74, 6) is -1.09. The van der Waals surface area contributed by atoms with Crippen LogP contribution in [-0.2, 0) is 16.0 Å². The van der Waals surface area contributed by atoms with Crippen LogP contribution in [0, 0.1) is 5.92 Å². The molecule has 0 bridgehead atoms. The molecule has 9 heteroatoms. The van der Waals surface area contributed by atoms with Gasteiger partial charge in [0.1, 0.15) is 5.60 Å². The molecule has 9 nitrogen and oxygen atoms in total. The summed E-state index contributed by atoms with van der Waals surface area (Å²) in [5.41, 5.74) is 1.68. The molecule has 0 atom stereocenters. The Morgan fingerprint density at radius 1 is 0.971 bits per heavy atom. The molecule has 3 N–H and O–H groups in total. The number of nitrogens with zero attached hydrogens (tertiary/aromatic N) is 2. The summed E-state index contributed by atoms with van der Waals surface area (Å²) in [7, 11) is 0. The summed E-state index contributed by atoms with van der Waals surface area (Å²) in [6.07, 6.45) is 3.14. The molecule has 2 saturated heterocycles.